The number of aliphatic hydroxyl groups excluding tert-OH is 1. The average molecular weight is 249 g/mol. The summed E-state index contributed by atoms with van der Waals surface area (Å²) in [6, 6.07) is 8.53. The van der Waals surface area contributed by atoms with Gasteiger partial charge in [0, 0.05) is 13.6 Å². The minimum absolute atomic E-state index is 0.224. The molecule has 1 N–H and O–H groups in total. The van der Waals surface area contributed by atoms with Crippen molar-refractivity contribution in [1.29, 1.82) is 0 Å². The summed E-state index contributed by atoms with van der Waals surface area (Å²) in [5.74, 6) is -0.224. The first-order chi connectivity index (χ1) is 8.54. The highest BCUT2D eigenvalue weighted by Gasteiger charge is 2.13. The first kappa shape index (κ1) is 14.7. The van der Waals surface area contributed by atoms with Crippen molar-refractivity contribution in [3.8, 4) is 0 Å². The van der Waals surface area contributed by atoms with Crippen molar-refractivity contribution in [2.24, 2.45) is 0 Å². The molecule has 0 aromatic heterocycles. The summed E-state index contributed by atoms with van der Waals surface area (Å²) < 4.78 is 0. The van der Waals surface area contributed by atoms with Crippen LogP contribution < -0.4 is 0 Å². The van der Waals surface area contributed by atoms with Gasteiger partial charge in [0.2, 0.25) is 0 Å². The van der Waals surface area contributed by atoms with E-state index in [0.29, 0.717) is 6.54 Å². The van der Waals surface area contributed by atoms with Gasteiger partial charge < -0.3 is 10.0 Å². The molecule has 0 spiro atoms. The summed E-state index contributed by atoms with van der Waals surface area (Å²) in [6.45, 7) is 4.31. The van der Waals surface area contributed by atoms with Crippen molar-refractivity contribution in [3.05, 3.63) is 35.4 Å². The molecule has 1 rings (SSSR count). The van der Waals surface area contributed by atoms with E-state index in [1.807, 2.05) is 0 Å². The summed E-state index contributed by atoms with van der Waals surface area (Å²) in [7, 11) is 1.72. The Morgan fingerprint density at radius 2 is 1.72 bits per heavy atom. The lowest BCUT2D eigenvalue weighted by Crippen LogP contribution is -2.35. The van der Waals surface area contributed by atoms with Crippen LogP contribution in [-0.4, -0.2) is 35.6 Å². The highest BCUT2D eigenvalue weighted by molar-refractivity contribution is 5.79. The Morgan fingerprint density at radius 3 is 2.17 bits per heavy atom. The van der Waals surface area contributed by atoms with Crippen LogP contribution in [0.3, 0.4) is 0 Å². The largest absolute Gasteiger partial charge is 0.384 e. The van der Waals surface area contributed by atoms with Crippen LogP contribution in [0.25, 0.3) is 0 Å². The van der Waals surface area contributed by atoms with Gasteiger partial charge in [0.25, 0.3) is 5.91 Å². The molecule has 0 fully saturated rings. The van der Waals surface area contributed by atoms with Crippen molar-refractivity contribution in [1.82, 2.24) is 4.90 Å². The molecule has 18 heavy (non-hydrogen) atoms. The maximum absolute atomic E-state index is 11.5. The van der Waals surface area contributed by atoms with Crippen molar-refractivity contribution < 1.29 is 9.90 Å². The molecule has 0 heterocycles. The van der Waals surface area contributed by atoms with E-state index in [2.05, 4.69) is 31.2 Å². The van der Waals surface area contributed by atoms with Gasteiger partial charge in [-0.1, -0.05) is 37.6 Å². The Hall–Kier alpha value is -1.35. The third-order valence-corrected chi connectivity index (χ3v) is 3.03. The fraction of sp³-hybridized carbons (Fsp3) is 0.533. The van der Waals surface area contributed by atoms with Crippen molar-refractivity contribution in [2.75, 3.05) is 13.6 Å². The first-order valence-electron chi connectivity index (χ1n) is 6.55. The number of benzene rings is 1. The minimum atomic E-state index is -0.915. The number of carbonyl (C=O) groups is 1. The fourth-order valence-corrected chi connectivity index (χ4v) is 1.89. The second kappa shape index (κ2) is 7.17. The van der Waals surface area contributed by atoms with Crippen LogP contribution in [0.4, 0.5) is 0 Å². The number of aryl methyl sites for hydroxylation is 1. The third-order valence-electron chi connectivity index (χ3n) is 3.03. The molecule has 0 bridgehead atoms. The van der Waals surface area contributed by atoms with Gasteiger partial charge >= 0.3 is 0 Å². The predicted octanol–water partition coefficient (Wildman–Crippen LogP) is 2.02. The van der Waals surface area contributed by atoms with Crippen molar-refractivity contribution >= 4 is 5.91 Å². The molecular formula is C15H23NO2. The molecule has 1 aromatic carbocycles. The van der Waals surface area contributed by atoms with E-state index in [4.69, 9.17) is 0 Å². The van der Waals surface area contributed by atoms with Crippen molar-refractivity contribution in [2.45, 2.75) is 39.2 Å². The number of hydrogen-bond acceptors (Lipinski definition) is 2. The molecule has 3 nitrogen and oxygen atoms in total. The molecule has 0 saturated carbocycles. The number of hydrogen-bond donors (Lipinski definition) is 1. The zero-order valence-electron chi connectivity index (χ0n) is 11.5. The number of likely N-dealkylation sites (N-methyl/N-ethyl adjacent to an activating group) is 1. The Morgan fingerprint density at radius 1 is 1.22 bits per heavy atom. The van der Waals surface area contributed by atoms with Gasteiger partial charge in [0.15, 0.2) is 0 Å². The highest BCUT2D eigenvalue weighted by atomic mass is 16.3. The lowest BCUT2D eigenvalue weighted by molar-refractivity contribution is -0.137. The van der Waals surface area contributed by atoms with E-state index < -0.39 is 6.10 Å². The summed E-state index contributed by atoms with van der Waals surface area (Å²) >= 11 is 0. The normalized spacial score (nSPS) is 12.2. The van der Waals surface area contributed by atoms with Gasteiger partial charge in [0.05, 0.1) is 0 Å². The van der Waals surface area contributed by atoms with Crippen LogP contribution in [0, 0.1) is 0 Å². The second-order valence-corrected chi connectivity index (χ2v) is 4.75. The van der Waals surface area contributed by atoms with Gasteiger partial charge in [-0.25, -0.2) is 0 Å². The van der Waals surface area contributed by atoms with Gasteiger partial charge in [-0.2, -0.15) is 0 Å². The molecule has 0 radical (unpaired) electrons. The fourth-order valence-electron chi connectivity index (χ4n) is 1.89. The molecule has 3 heteroatoms. The molecule has 0 aliphatic carbocycles. The topological polar surface area (TPSA) is 40.5 Å². The van der Waals surface area contributed by atoms with E-state index in [1.165, 1.54) is 18.1 Å². The smallest absolute Gasteiger partial charge is 0.250 e. The van der Waals surface area contributed by atoms with E-state index >= 15 is 0 Å². The summed E-state index contributed by atoms with van der Waals surface area (Å²) in [4.78, 5) is 13.1. The number of rotatable bonds is 6. The highest BCUT2D eigenvalue weighted by Crippen LogP contribution is 2.08. The Bertz CT molecular complexity index is 371. The van der Waals surface area contributed by atoms with Gasteiger partial charge in [-0.05, 0) is 30.9 Å². The van der Waals surface area contributed by atoms with Gasteiger partial charge in [-0.15, -0.1) is 0 Å². The Labute approximate surface area is 109 Å². The average Bonchev–Trinajstić information content (AvgIpc) is 2.37. The van der Waals surface area contributed by atoms with E-state index in [0.717, 1.165) is 19.3 Å². The van der Waals surface area contributed by atoms with Crippen LogP contribution in [0.2, 0.25) is 0 Å². The maximum Gasteiger partial charge on any atom is 0.250 e. The maximum atomic E-state index is 11.5. The molecule has 0 aliphatic rings. The quantitative estimate of drug-likeness (QED) is 0.838. The SMILES string of the molecule is CCCc1ccc(CCN(C)C(=O)C(C)O)cc1. The minimum Gasteiger partial charge on any atom is -0.384 e. The predicted molar refractivity (Wildman–Crippen MR) is 73.5 cm³/mol. The lowest BCUT2D eigenvalue weighted by Gasteiger charge is -2.18. The molecule has 0 aliphatic heterocycles. The van der Waals surface area contributed by atoms with Crippen molar-refractivity contribution in [3.63, 3.8) is 0 Å². The van der Waals surface area contributed by atoms with Crippen LogP contribution in [0.1, 0.15) is 31.4 Å². The zero-order chi connectivity index (χ0) is 13.5. The number of carbonyl (C=O) groups excluding carboxylic acids is 1. The Kier molecular flexibility index (Phi) is 5.86. The molecule has 1 atom stereocenters. The molecule has 0 saturated heterocycles. The number of nitrogens with zero attached hydrogens (tertiary/aromatic N) is 1. The molecule has 1 aromatic rings. The number of amides is 1. The zero-order valence-corrected chi connectivity index (χ0v) is 11.5. The molecule has 1 amide bonds. The van der Waals surface area contributed by atoms with Crippen LogP contribution in [0.15, 0.2) is 24.3 Å². The molecular weight excluding hydrogens is 226 g/mol. The molecule has 1 unspecified atom stereocenters. The monoisotopic (exact) mass is 249 g/mol. The van der Waals surface area contributed by atoms with Crippen LogP contribution >= 0.6 is 0 Å². The third kappa shape index (κ3) is 4.49. The number of aliphatic hydroxyl groups is 1. The summed E-state index contributed by atoms with van der Waals surface area (Å²) in [6.07, 6.45) is 2.18. The van der Waals surface area contributed by atoms with E-state index in [9.17, 15) is 9.90 Å². The van der Waals surface area contributed by atoms with E-state index in [-0.39, 0.29) is 5.91 Å². The molecule has 100 valence electrons. The lowest BCUT2D eigenvalue weighted by atomic mass is 10.1. The first-order valence-corrected chi connectivity index (χ1v) is 6.55. The van der Waals surface area contributed by atoms with E-state index in [1.54, 1.807) is 11.9 Å². The van der Waals surface area contributed by atoms with Gasteiger partial charge in [0.1, 0.15) is 6.10 Å². The van der Waals surface area contributed by atoms with Gasteiger partial charge in [-0.3, -0.25) is 4.79 Å². The summed E-state index contributed by atoms with van der Waals surface area (Å²) in [5.41, 5.74) is 2.58. The van der Waals surface area contributed by atoms with Crippen LogP contribution in [0.5, 0.6) is 0 Å². The Balaban J connectivity index is 2.46. The standard InChI is InChI=1S/C15H23NO2/c1-4-5-13-6-8-14(9-7-13)10-11-16(3)15(18)12(2)17/h6-9,12,17H,4-5,10-11H2,1-3H3. The summed E-state index contributed by atoms with van der Waals surface area (Å²) in [5, 5.41) is 9.19. The second-order valence-electron chi connectivity index (χ2n) is 4.75. The van der Waals surface area contributed by atoms with Crippen LogP contribution in [-0.2, 0) is 17.6 Å².